The van der Waals surface area contributed by atoms with Gasteiger partial charge >= 0.3 is 6.18 Å². The van der Waals surface area contributed by atoms with Gasteiger partial charge in [0.15, 0.2) is 0 Å². The third-order valence-corrected chi connectivity index (χ3v) is 3.24. The third kappa shape index (κ3) is 3.04. The molecule has 1 amide bonds. The van der Waals surface area contributed by atoms with E-state index in [2.05, 4.69) is 20.6 Å². The summed E-state index contributed by atoms with van der Waals surface area (Å²) in [6.07, 6.45) is -5.15. The van der Waals surface area contributed by atoms with E-state index in [-0.39, 0.29) is 16.9 Å². The first-order valence-corrected chi connectivity index (χ1v) is 6.63. The van der Waals surface area contributed by atoms with Gasteiger partial charge in [0.25, 0.3) is 5.91 Å². The highest BCUT2D eigenvalue weighted by molar-refractivity contribution is 5.96. The molecule has 0 unspecified atom stereocenters. The molecule has 0 spiro atoms. The molecule has 1 aliphatic heterocycles. The van der Waals surface area contributed by atoms with Crippen LogP contribution >= 0.6 is 0 Å². The van der Waals surface area contributed by atoms with Gasteiger partial charge in [0.2, 0.25) is 5.82 Å². The highest BCUT2D eigenvalue weighted by Gasteiger charge is 2.34. The van der Waals surface area contributed by atoms with Crippen molar-refractivity contribution >= 4 is 22.6 Å². The van der Waals surface area contributed by atoms with Gasteiger partial charge in [0.05, 0.1) is 17.6 Å². The van der Waals surface area contributed by atoms with Crippen LogP contribution in [0.1, 0.15) is 5.82 Å². The zero-order chi connectivity index (χ0) is 15.7. The number of imidazole rings is 1. The number of carbonyl (C=O) groups is 1. The number of hydrogen-bond donors (Lipinski definition) is 3. The van der Waals surface area contributed by atoms with Gasteiger partial charge in [-0.2, -0.15) is 13.2 Å². The van der Waals surface area contributed by atoms with Crippen LogP contribution in [0.15, 0.2) is 18.2 Å². The minimum Gasteiger partial charge on any atom is -0.366 e. The van der Waals surface area contributed by atoms with E-state index in [1.165, 1.54) is 18.2 Å². The summed E-state index contributed by atoms with van der Waals surface area (Å²) in [5.74, 6) is -1.41. The van der Waals surface area contributed by atoms with Crippen molar-refractivity contribution in [1.82, 2.24) is 15.3 Å². The molecule has 0 saturated carbocycles. The second-order valence-corrected chi connectivity index (χ2v) is 4.87. The van der Waals surface area contributed by atoms with Gasteiger partial charge in [0.1, 0.15) is 6.10 Å². The number of morpholine rings is 1. The molecule has 0 bridgehead atoms. The number of hydrogen-bond acceptors (Lipinski definition) is 4. The largest absolute Gasteiger partial charge is 0.449 e. The predicted octanol–water partition coefficient (Wildman–Crippen LogP) is 1.51. The number of H-pyrrole nitrogens is 1. The van der Waals surface area contributed by atoms with Crippen LogP contribution in [0.3, 0.4) is 0 Å². The van der Waals surface area contributed by atoms with E-state index < -0.39 is 18.1 Å². The lowest BCUT2D eigenvalue weighted by molar-refractivity contribution is -0.144. The Labute approximate surface area is 123 Å². The Hall–Kier alpha value is -2.13. The fourth-order valence-corrected chi connectivity index (χ4v) is 2.18. The zero-order valence-electron chi connectivity index (χ0n) is 11.3. The maximum absolute atomic E-state index is 12.6. The molecule has 6 nitrogen and oxygen atoms in total. The first kappa shape index (κ1) is 14.8. The molecule has 1 aromatic heterocycles. The van der Waals surface area contributed by atoms with Crippen molar-refractivity contribution < 1.29 is 22.7 Å². The number of aromatic amines is 1. The minimum atomic E-state index is -4.54. The van der Waals surface area contributed by atoms with Crippen molar-refractivity contribution in [3.05, 3.63) is 24.0 Å². The number of alkyl halides is 3. The van der Waals surface area contributed by atoms with Crippen molar-refractivity contribution in [2.45, 2.75) is 12.3 Å². The molecule has 3 N–H and O–H groups in total. The second-order valence-electron chi connectivity index (χ2n) is 4.87. The minimum absolute atomic E-state index is 0.181. The molecule has 1 saturated heterocycles. The van der Waals surface area contributed by atoms with Gasteiger partial charge in [-0.1, -0.05) is 0 Å². The van der Waals surface area contributed by atoms with Crippen LogP contribution in [0.25, 0.3) is 11.0 Å². The monoisotopic (exact) mass is 314 g/mol. The quantitative estimate of drug-likeness (QED) is 0.785. The summed E-state index contributed by atoms with van der Waals surface area (Å²) in [6.45, 7) is 1.52. The molecule has 9 heteroatoms. The van der Waals surface area contributed by atoms with Gasteiger partial charge in [-0.25, -0.2) is 4.98 Å². The summed E-state index contributed by atoms with van der Waals surface area (Å²) in [5.41, 5.74) is 0.762. The van der Waals surface area contributed by atoms with E-state index >= 15 is 0 Å². The number of carbonyl (C=O) groups excluding carboxylic acids is 1. The number of nitrogens with one attached hydrogen (secondary N) is 3. The van der Waals surface area contributed by atoms with E-state index in [1.807, 2.05) is 0 Å². The molecule has 118 valence electrons. The summed E-state index contributed by atoms with van der Waals surface area (Å²) >= 11 is 0. The number of anilines is 1. The van der Waals surface area contributed by atoms with Crippen molar-refractivity contribution in [3.63, 3.8) is 0 Å². The molecule has 1 fully saturated rings. The molecule has 3 rings (SSSR count). The van der Waals surface area contributed by atoms with Crippen molar-refractivity contribution in [1.29, 1.82) is 0 Å². The Bertz CT molecular complexity index is 692. The Morgan fingerprint density at radius 1 is 1.41 bits per heavy atom. The SMILES string of the molecule is O=C(Nc1ccc2nc(C(F)(F)F)[nH]c2c1)[C@@H]1CNCCO1. The van der Waals surface area contributed by atoms with Crippen molar-refractivity contribution in [3.8, 4) is 0 Å². The molecule has 1 atom stereocenters. The number of fused-ring (bicyclic) bond motifs is 1. The van der Waals surface area contributed by atoms with Crippen LogP contribution in [0, 0.1) is 0 Å². The number of nitrogens with zero attached hydrogens (tertiary/aromatic N) is 1. The fraction of sp³-hybridized carbons (Fsp3) is 0.385. The van der Waals surface area contributed by atoms with Crippen LogP contribution in [-0.4, -0.2) is 41.7 Å². The fourth-order valence-electron chi connectivity index (χ4n) is 2.18. The van der Waals surface area contributed by atoms with E-state index in [1.54, 1.807) is 0 Å². The molecule has 1 aromatic carbocycles. The number of amides is 1. The second kappa shape index (κ2) is 5.58. The van der Waals surface area contributed by atoms with E-state index in [9.17, 15) is 18.0 Å². The molecule has 1 aliphatic rings. The molecule has 22 heavy (non-hydrogen) atoms. The van der Waals surface area contributed by atoms with Gasteiger partial charge in [-0.05, 0) is 18.2 Å². The summed E-state index contributed by atoms with van der Waals surface area (Å²) in [5, 5.41) is 5.64. The maximum Gasteiger partial charge on any atom is 0.449 e. The van der Waals surface area contributed by atoms with Gasteiger partial charge in [-0.15, -0.1) is 0 Å². The summed E-state index contributed by atoms with van der Waals surface area (Å²) in [4.78, 5) is 17.6. The summed E-state index contributed by atoms with van der Waals surface area (Å²) < 4.78 is 43.1. The maximum atomic E-state index is 12.6. The van der Waals surface area contributed by atoms with E-state index in [0.717, 1.165) is 0 Å². The Morgan fingerprint density at radius 3 is 2.91 bits per heavy atom. The lowest BCUT2D eigenvalue weighted by Gasteiger charge is -2.22. The molecule has 0 aliphatic carbocycles. The average molecular weight is 314 g/mol. The van der Waals surface area contributed by atoms with E-state index in [0.29, 0.717) is 25.4 Å². The average Bonchev–Trinajstić information content (AvgIpc) is 2.91. The van der Waals surface area contributed by atoms with Crippen molar-refractivity contribution in [2.24, 2.45) is 0 Å². The van der Waals surface area contributed by atoms with E-state index in [4.69, 9.17) is 4.74 Å². The number of halogens is 3. The standard InChI is InChI=1S/C13H13F3N4O2/c14-13(15,16)12-19-8-2-1-7(5-9(8)20-12)18-11(21)10-6-17-3-4-22-10/h1-2,5,10,17H,3-4,6H2,(H,18,21)(H,19,20)/t10-/m0/s1. The van der Waals surface area contributed by atoms with Gasteiger partial charge < -0.3 is 20.4 Å². The summed E-state index contributed by atoms with van der Waals surface area (Å²) in [7, 11) is 0. The topological polar surface area (TPSA) is 79.0 Å². The Kier molecular flexibility index (Phi) is 3.75. The number of aromatic nitrogens is 2. The normalized spacial score (nSPS) is 19.3. The lowest BCUT2D eigenvalue weighted by atomic mass is 10.2. The van der Waals surface area contributed by atoms with Crippen LogP contribution < -0.4 is 10.6 Å². The third-order valence-electron chi connectivity index (χ3n) is 3.24. The first-order valence-electron chi connectivity index (χ1n) is 6.63. The lowest BCUT2D eigenvalue weighted by Crippen LogP contribution is -2.45. The number of rotatable bonds is 2. The number of benzene rings is 1. The predicted molar refractivity (Wildman–Crippen MR) is 72.3 cm³/mol. The van der Waals surface area contributed by atoms with Crippen LogP contribution in [-0.2, 0) is 15.7 Å². The molecular weight excluding hydrogens is 301 g/mol. The van der Waals surface area contributed by atoms with Crippen LogP contribution in [0.5, 0.6) is 0 Å². The summed E-state index contributed by atoms with van der Waals surface area (Å²) in [6, 6.07) is 4.32. The van der Waals surface area contributed by atoms with Crippen LogP contribution in [0.4, 0.5) is 18.9 Å². The van der Waals surface area contributed by atoms with Gasteiger partial charge in [0, 0.05) is 18.8 Å². The molecular formula is C13H13F3N4O2. The highest BCUT2D eigenvalue weighted by Crippen LogP contribution is 2.29. The molecule has 0 radical (unpaired) electrons. The van der Waals surface area contributed by atoms with Crippen molar-refractivity contribution in [2.75, 3.05) is 25.0 Å². The zero-order valence-corrected chi connectivity index (χ0v) is 11.3. The molecule has 2 aromatic rings. The highest BCUT2D eigenvalue weighted by atomic mass is 19.4. The van der Waals surface area contributed by atoms with Crippen LogP contribution in [0.2, 0.25) is 0 Å². The number of ether oxygens (including phenoxy) is 1. The first-order chi connectivity index (χ1) is 10.4. The Balaban J connectivity index is 1.78. The Morgan fingerprint density at radius 2 is 2.23 bits per heavy atom. The molecule has 2 heterocycles. The van der Waals surface area contributed by atoms with Gasteiger partial charge in [-0.3, -0.25) is 4.79 Å². The smallest absolute Gasteiger partial charge is 0.366 e.